The maximum Gasteiger partial charge on any atom is 0.410 e. The number of nitrogens with zero attached hydrogens (tertiary/aromatic N) is 3. The number of carbonyl (C=O) groups is 3. The molecule has 0 aliphatic carbocycles. The molecule has 0 bridgehead atoms. The normalized spacial score (nSPS) is 14.1. The average Bonchev–Trinajstić information content (AvgIpc) is 2.78. The zero-order chi connectivity index (χ0) is 23.3. The van der Waals surface area contributed by atoms with Crippen LogP contribution in [0.15, 0.2) is 42.6 Å². The van der Waals surface area contributed by atoms with E-state index in [1.165, 1.54) is 0 Å². The number of hydrogen-bond acceptors (Lipinski definition) is 5. The summed E-state index contributed by atoms with van der Waals surface area (Å²) in [4.78, 5) is 44.3. The smallest absolute Gasteiger partial charge is 0.410 e. The van der Waals surface area contributed by atoms with Crippen molar-refractivity contribution >= 4 is 17.9 Å². The highest BCUT2D eigenvalue weighted by molar-refractivity contribution is 5.92. The highest BCUT2D eigenvalue weighted by Crippen LogP contribution is 2.21. The number of piperazine rings is 1. The maximum atomic E-state index is 12.8. The molecule has 8 heteroatoms. The first-order valence-corrected chi connectivity index (χ1v) is 10.7. The molecule has 2 heterocycles. The molecule has 3 rings (SSSR count). The van der Waals surface area contributed by atoms with Crippen molar-refractivity contribution < 1.29 is 19.1 Å². The Morgan fingerprint density at radius 3 is 2.28 bits per heavy atom. The van der Waals surface area contributed by atoms with Gasteiger partial charge in [0.05, 0.1) is 6.42 Å². The third-order valence-electron chi connectivity index (χ3n) is 5.12. The van der Waals surface area contributed by atoms with E-state index in [2.05, 4.69) is 10.3 Å². The third-order valence-corrected chi connectivity index (χ3v) is 5.12. The number of nitrogens with one attached hydrogen (secondary N) is 1. The molecule has 1 fully saturated rings. The van der Waals surface area contributed by atoms with Gasteiger partial charge in [-0.2, -0.15) is 0 Å². The summed E-state index contributed by atoms with van der Waals surface area (Å²) in [5.41, 5.74) is 2.53. The molecule has 0 saturated carbocycles. The first-order chi connectivity index (χ1) is 15.2. The average molecular weight is 439 g/mol. The van der Waals surface area contributed by atoms with Gasteiger partial charge in [0.1, 0.15) is 11.3 Å². The summed E-state index contributed by atoms with van der Waals surface area (Å²) in [6, 6.07) is 11.3. The number of hydrogen-bond donors (Lipinski definition) is 1. The van der Waals surface area contributed by atoms with Crippen LogP contribution in [0, 0.1) is 0 Å². The summed E-state index contributed by atoms with van der Waals surface area (Å²) in [5.74, 6) is -0.207. The van der Waals surface area contributed by atoms with E-state index in [1.54, 1.807) is 29.1 Å². The lowest BCUT2D eigenvalue weighted by Crippen LogP contribution is -2.51. The highest BCUT2D eigenvalue weighted by atomic mass is 16.6. The van der Waals surface area contributed by atoms with Crippen LogP contribution in [0.2, 0.25) is 0 Å². The maximum absolute atomic E-state index is 12.8. The van der Waals surface area contributed by atoms with Gasteiger partial charge in [-0.15, -0.1) is 0 Å². The van der Waals surface area contributed by atoms with Crippen LogP contribution < -0.4 is 5.32 Å². The standard InChI is InChI=1S/C24H30N4O4/c1-24(2,3)32-23(31)28-12-10-27(11-13-28)21(29)15-17-6-5-7-18(14-17)19-8-9-20(26-16-19)22(30)25-4/h5-9,14,16H,10-13,15H2,1-4H3,(H,25,30). The van der Waals surface area contributed by atoms with Crippen molar-refractivity contribution in [1.29, 1.82) is 0 Å². The summed E-state index contributed by atoms with van der Waals surface area (Å²) >= 11 is 0. The van der Waals surface area contributed by atoms with Crippen LogP contribution in [0.25, 0.3) is 11.1 Å². The van der Waals surface area contributed by atoms with Crippen molar-refractivity contribution in [2.75, 3.05) is 33.2 Å². The van der Waals surface area contributed by atoms with Crippen molar-refractivity contribution in [3.63, 3.8) is 0 Å². The van der Waals surface area contributed by atoms with E-state index in [0.717, 1.165) is 16.7 Å². The van der Waals surface area contributed by atoms with Gasteiger partial charge in [-0.05, 0) is 38.0 Å². The Balaban J connectivity index is 1.58. The molecule has 8 nitrogen and oxygen atoms in total. The van der Waals surface area contributed by atoms with Crippen LogP contribution in [-0.4, -0.2) is 71.5 Å². The number of ether oxygens (including phenoxy) is 1. The number of rotatable bonds is 4. The summed E-state index contributed by atoms with van der Waals surface area (Å²) in [6.07, 6.45) is 1.60. The zero-order valence-electron chi connectivity index (χ0n) is 19.1. The van der Waals surface area contributed by atoms with E-state index in [4.69, 9.17) is 4.74 Å². The molecule has 0 unspecified atom stereocenters. The number of aromatic nitrogens is 1. The van der Waals surface area contributed by atoms with Crippen LogP contribution in [-0.2, 0) is 16.0 Å². The van der Waals surface area contributed by atoms with Gasteiger partial charge in [0.25, 0.3) is 5.91 Å². The largest absolute Gasteiger partial charge is 0.444 e. The van der Waals surface area contributed by atoms with Gasteiger partial charge in [-0.3, -0.25) is 14.6 Å². The monoisotopic (exact) mass is 438 g/mol. The molecular formula is C24H30N4O4. The van der Waals surface area contributed by atoms with Crippen LogP contribution in [0.3, 0.4) is 0 Å². The molecule has 2 aromatic rings. The van der Waals surface area contributed by atoms with Crippen LogP contribution >= 0.6 is 0 Å². The Hall–Kier alpha value is -3.42. The molecule has 1 aromatic heterocycles. The second kappa shape index (κ2) is 9.80. The SMILES string of the molecule is CNC(=O)c1ccc(-c2cccc(CC(=O)N3CCN(C(=O)OC(C)(C)C)CC3)c2)cn1. The summed E-state index contributed by atoms with van der Waals surface area (Å²) in [6.45, 7) is 7.42. The van der Waals surface area contributed by atoms with Crippen molar-refractivity contribution in [3.05, 3.63) is 53.9 Å². The van der Waals surface area contributed by atoms with E-state index in [9.17, 15) is 14.4 Å². The van der Waals surface area contributed by atoms with Crippen LogP contribution in [0.4, 0.5) is 4.79 Å². The molecule has 1 aromatic carbocycles. The number of carbonyl (C=O) groups excluding carboxylic acids is 3. The topological polar surface area (TPSA) is 91.8 Å². The molecule has 1 aliphatic rings. The molecule has 3 amide bonds. The van der Waals surface area contributed by atoms with Crippen molar-refractivity contribution in [2.45, 2.75) is 32.8 Å². The minimum absolute atomic E-state index is 0.0269. The lowest BCUT2D eigenvalue weighted by molar-refractivity contribution is -0.132. The molecule has 1 aliphatic heterocycles. The summed E-state index contributed by atoms with van der Waals surface area (Å²) in [5, 5.41) is 2.55. The predicted octanol–water partition coefficient (Wildman–Crippen LogP) is 2.73. The minimum atomic E-state index is -0.534. The van der Waals surface area contributed by atoms with Gasteiger partial charge in [0, 0.05) is 45.0 Å². The first-order valence-electron chi connectivity index (χ1n) is 10.7. The van der Waals surface area contributed by atoms with Gasteiger partial charge < -0.3 is 19.9 Å². The second-order valence-electron chi connectivity index (χ2n) is 8.74. The number of amides is 3. The molecule has 0 spiro atoms. The Morgan fingerprint density at radius 1 is 1.00 bits per heavy atom. The van der Waals surface area contributed by atoms with Crippen molar-refractivity contribution in [2.24, 2.45) is 0 Å². The van der Waals surface area contributed by atoms with Gasteiger partial charge >= 0.3 is 6.09 Å². The van der Waals surface area contributed by atoms with Gasteiger partial charge in [0.15, 0.2) is 0 Å². The molecule has 0 atom stereocenters. The molecule has 0 radical (unpaired) electrons. The quantitative estimate of drug-likeness (QED) is 0.793. The zero-order valence-corrected chi connectivity index (χ0v) is 19.1. The van der Waals surface area contributed by atoms with Gasteiger partial charge in [-0.1, -0.05) is 30.3 Å². The highest BCUT2D eigenvalue weighted by Gasteiger charge is 2.27. The summed E-state index contributed by atoms with van der Waals surface area (Å²) in [7, 11) is 1.57. The predicted molar refractivity (Wildman–Crippen MR) is 121 cm³/mol. The van der Waals surface area contributed by atoms with E-state index in [1.807, 2.05) is 51.1 Å². The van der Waals surface area contributed by atoms with Gasteiger partial charge in [0.2, 0.25) is 5.91 Å². The Labute approximate surface area is 188 Å². The molecule has 170 valence electrons. The summed E-state index contributed by atoms with van der Waals surface area (Å²) < 4.78 is 5.41. The van der Waals surface area contributed by atoms with E-state index in [-0.39, 0.29) is 24.3 Å². The molecule has 1 saturated heterocycles. The Morgan fingerprint density at radius 2 is 1.69 bits per heavy atom. The Bertz CT molecular complexity index is 974. The molecule has 1 N–H and O–H groups in total. The third kappa shape index (κ3) is 6.06. The van der Waals surface area contributed by atoms with E-state index in [0.29, 0.717) is 31.9 Å². The minimum Gasteiger partial charge on any atom is -0.444 e. The van der Waals surface area contributed by atoms with Crippen LogP contribution in [0.5, 0.6) is 0 Å². The molecule has 32 heavy (non-hydrogen) atoms. The van der Waals surface area contributed by atoms with Gasteiger partial charge in [-0.25, -0.2) is 4.79 Å². The fourth-order valence-electron chi connectivity index (χ4n) is 3.44. The number of pyridine rings is 1. The van der Waals surface area contributed by atoms with E-state index < -0.39 is 5.60 Å². The first kappa shape index (κ1) is 23.2. The number of benzene rings is 1. The second-order valence-corrected chi connectivity index (χ2v) is 8.74. The fraction of sp³-hybridized carbons (Fsp3) is 0.417. The lowest BCUT2D eigenvalue weighted by atomic mass is 10.0. The van der Waals surface area contributed by atoms with Crippen LogP contribution in [0.1, 0.15) is 36.8 Å². The lowest BCUT2D eigenvalue weighted by Gasteiger charge is -2.35. The van der Waals surface area contributed by atoms with E-state index >= 15 is 0 Å². The molecular weight excluding hydrogens is 408 g/mol. The van der Waals surface area contributed by atoms with Crippen molar-refractivity contribution in [3.8, 4) is 11.1 Å². The van der Waals surface area contributed by atoms with Crippen molar-refractivity contribution in [1.82, 2.24) is 20.1 Å². The fourth-order valence-corrected chi connectivity index (χ4v) is 3.44. The Kier molecular flexibility index (Phi) is 7.12.